The highest BCUT2D eigenvalue weighted by molar-refractivity contribution is 5.35. The van der Waals surface area contributed by atoms with E-state index in [4.69, 9.17) is 15.6 Å². The van der Waals surface area contributed by atoms with Gasteiger partial charge >= 0.3 is 5.69 Å². The van der Waals surface area contributed by atoms with Crippen LogP contribution in [-0.2, 0) is 4.74 Å². The summed E-state index contributed by atoms with van der Waals surface area (Å²) in [4.78, 5) is 15.3. The Labute approximate surface area is 113 Å². The van der Waals surface area contributed by atoms with Crippen LogP contribution in [0.1, 0.15) is 31.6 Å². The Bertz CT molecular complexity index is 468. The molecule has 0 amide bonds. The van der Waals surface area contributed by atoms with Gasteiger partial charge in [-0.15, -0.1) is 12.8 Å². The lowest BCUT2D eigenvalue weighted by Gasteiger charge is -2.14. The van der Waals surface area contributed by atoms with Gasteiger partial charge in [-0.2, -0.15) is 4.98 Å². The van der Waals surface area contributed by atoms with Crippen molar-refractivity contribution >= 4 is 5.82 Å². The minimum absolute atomic E-state index is 0.181. The molecule has 0 radical (unpaired) electrons. The third-order valence-corrected chi connectivity index (χ3v) is 2.69. The van der Waals surface area contributed by atoms with Gasteiger partial charge in [-0.3, -0.25) is 4.57 Å². The first-order valence-electron chi connectivity index (χ1n) is 5.86. The van der Waals surface area contributed by atoms with Crippen LogP contribution in [0.3, 0.4) is 0 Å². The highest BCUT2D eigenvalue weighted by atomic mass is 16.5. The van der Waals surface area contributed by atoms with Crippen LogP contribution in [0.5, 0.6) is 0 Å². The SMILES string of the molecule is C#C.CO.Cc1cn(C2CCC(C)O2)c(=O)nc1N. The van der Waals surface area contributed by atoms with Gasteiger partial charge in [0, 0.05) is 18.9 Å². The highest BCUT2D eigenvalue weighted by Gasteiger charge is 2.24. The van der Waals surface area contributed by atoms with Gasteiger partial charge in [-0.1, -0.05) is 0 Å². The second-order valence-electron chi connectivity index (χ2n) is 3.98. The van der Waals surface area contributed by atoms with Crippen molar-refractivity contribution in [3.8, 4) is 12.8 Å². The zero-order chi connectivity index (χ0) is 15.0. The quantitative estimate of drug-likeness (QED) is 0.731. The monoisotopic (exact) mass is 267 g/mol. The van der Waals surface area contributed by atoms with E-state index in [1.807, 2.05) is 13.8 Å². The Kier molecular flexibility index (Phi) is 7.49. The summed E-state index contributed by atoms with van der Waals surface area (Å²) in [6.45, 7) is 3.83. The Morgan fingerprint density at radius 3 is 2.53 bits per heavy atom. The molecule has 1 fully saturated rings. The van der Waals surface area contributed by atoms with E-state index in [1.165, 1.54) is 4.57 Å². The third-order valence-electron chi connectivity index (χ3n) is 2.69. The van der Waals surface area contributed by atoms with E-state index in [2.05, 4.69) is 17.8 Å². The summed E-state index contributed by atoms with van der Waals surface area (Å²) >= 11 is 0. The Morgan fingerprint density at radius 2 is 2.05 bits per heavy atom. The molecule has 0 aliphatic carbocycles. The number of nitrogens with two attached hydrogens (primary N) is 1. The van der Waals surface area contributed by atoms with E-state index in [1.54, 1.807) is 6.20 Å². The molecule has 19 heavy (non-hydrogen) atoms. The van der Waals surface area contributed by atoms with Crippen molar-refractivity contribution in [2.45, 2.75) is 39.0 Å². The summed E-state index contributed by atoms with van der Waals surface area (Å²) in [7, 11) is 1.00. The van der Waals surface area contributed by atoms with Gasteiger partial charge in [0.1, 0.15) is 12.0 Å². The zero-order valence-corrected chi connectivity index (χ0v) is 11.5. The molecule has 0 aromatic carbocycles. The van der Waals surface area contributed by atoms with Gasteiger partial charge < -0.3 is 15.6 Å². The molecule has 2 rings (SSSR count). The smallest absolute Gasteiger partial charge is 0.351 e. The van der Waals surface area contributed by atoms with Gasteiger partial charge in [-0.25, -0.2) is 4.79 Å². The summed E-state index contributed by atoms with van der Waals surface area (Å²) in [6.07, 6.45) is 11.6. The van der Waals surface area contributed by atoms with Gasteiger partial charge in [0.05, 0.1) is 6.10 Å². The third kappa shape index (κ3) is 4.39. The first-order chi connectivity index (χ1) is 9.08. The van der Waals surface area contributed by atoms with E-state index in [0.29, 0.717) is 5.82 Å². The molecule has 106 valence electrons. The van der Waals surface area contributed by atoms with Gasteiger partial charge in [0.2, 0.25) is 0 Å². The summed E-state index contributed by atoms with van der Waals surface area (Å²) in [5.41, 5.74) is 6.02. The number of aliphatic hydroxyl groups excluding tert-OH is 1. The molecule has 2 unspecified atom stereocenters. The lowest BCUT2D eigenvalue weighted by molar-refractivity contribution is 0.00795. The fraction of sp³-hybridized carbons (Fsp3) is 0.538. The van der Waals surface area contributed by atoms with Crippen LogP contribution in [0.2, 0.25) is 0 Å². The number of hydrogen-bond acceptors (Lipinski definition) is 5. The molecule has 1 aliphatic rings. The number of hydrogen-bond donors (Lipinski definition) is 2. The summed E-state index contributed by atoms with van der Waals surface area (Å²) < 4.78 is 7.13. The average Bonchev–Trinajstić information content (AvgIpc) is 2.85. The van der Waals surface area contributed by atoms with Gasteiger partial charge in [0.25, 0.3) is 0 Å². The molecule has 1 aromatic heterocycles. The number of aromatic nitrogens is 2. The highest BCUT2D eigenvalue weighted by Crippen LogP contribution is 2.26. The Balaban J connectivity index is 0.000000741. The number of anilines is 1. The molecule has 6 nitrogen and oxygen atoms in total. The first kappa shape index (κ1) is 17.2. The predicted molar refractivity (Wildman–Crippen MR) is 74.5 cm³/mol. The van der Waals surface area contributed by atoms with Crippen LogP contribution in [-0.4, -0.2) is 27.9 Å². The molecule has 0 bridgehead atoms. The molecule has 1 saturated heterocycles. The number of nitrogens with zero attached hydrogens (tertiary/aromatic N) is 2. The standard InChI is InChI=1S/C10H15N3O2.C2H2.CH4O/c1-6-5-13(10(14)12-9(6)11)8-4-3-7(2)15-8;2*1-2/h5,7-8H,3-4H2,1-2H3,(H2,11,12,14);1-2H;2H,1H3. The van der Waals surface area contributed by atoms with Crippen molar-refractivity contribution in [1.29, 1.82) is 0 Å². The number of terminal acetylenes is 1. The van der Waals surface area contributed by atoms with E-state index in [-0.39, 0.29) is 18.0 Å². The molecule has 2 heterocycles. The second kappa shape index (κ2) is 8.29. The molecule has 1 aliphatic heterocycles. The molecule has 0 spiro atoms. The second-order valence-corrected chi connectivity index (χ2v) is 3.98. The lowest BCUT2D eigenvalue weighted by atomic mass is 10.2. The van der Waals surface area contributed by atoms with Crippen LogP contribution >= 0.6 is 0 Å². The van der Waals surface area contributed by atoms with Crippen molar-refractivity contribution in [3.05, 3.63) is 22.2 Å². The molecular weight excluding hydrogens is 246 g/mol. The van der Waals surface area contributed by atoms with E-state index < -0.39 is 0 Å². The number of ether oxygens (including phenoxy) is 1. The molecule has 0 saturated carbocycles. The number of aryl methyl sites for hydroxylation is 1. The summed E-state index contributed by atoms with van der Waals surface area (Å²) in [5.74, 6) is 0.294. The zero-order valence-electron chi connectivity index (χ0n) is 11.5. The maximum Gasteiger partial charge on any atom is 0.351 e. The largest absolute Gasteiger partial charge is 0.400 e. The maximum atomic E-state index is 11.6. The molecule has 6 heteroatoms. The molecule has 1 aromatic rings. The first-order valence-corrected chi connectivity index (χ1v) is 5.86. The van der Waals surface area contributed by atoms with Gasteiger partial charge in [-0.05, 0) is 26.7 Å². The van der Waals surface area contributed by atoms with Gasteiger partial charge in [0.15, 0.2) is 0 Å². The van der Waals surface area contributed by atoms with Crippen LogP contribution in [0.15, 0.2) is 11.0 Å². The Hall–Kier alpha value is -1.84. The summed E-state index contributed by atoms with van der Waals surface area (Å²) in [6, 6.07) is 0. The minimum Gasteiger partial charge on any atom is -0.400 e. The topological polar surface area (TPSA) is 90.4 Å². The number of rotatable bonds is 1. The fourth-order valence-electron chi connectivity index (χ4n) is 1.77. The van der Waals surface area contributed by atoms with Crippen LogP contribution in [0, 0.1) is 19.8 Å². The summed E-state index contributed by atoms with van der Waals surface area (Å²) in [5, 5.41) is 7.00. The van der Waals surface area contributed by atoms with E-state index in [0.717, 1.165) is 25.5 Å². The Morgan fingerprint density at radius 1 is 1.47 bits per heavy atom. The van der Waals surface area contributed by atoms with Crippen molar-refractivity contribution in [1.82, 2.24) is 9.55 Å². The molecule has 3 N–H and O–H groups in total. The normalized spacial score (nSPS) is 20.7. The van der Waals surface area contributed by atoms with E-state index >= 15 is 0 Å². The van der Waals surface area contributed by atoms with Crippen molar-refractivity contribution < 1.29 is 9.84 Å². The van der Waals surface area contributed by atoms with E-state index in [9.17, 15) is 4.79 Å². The average molecular weight is 267 g/mol. The van der Waals surface area contributed by atoms with Crippen LogP contribution in [0.4, 0.5) is 5.82 Å². The predicted octanol–water partition coefficient (Wildman–Crippen LogP) is 0.689. The van der Waals surface area contributed by atoms with Crippen LogP contribution < -0.4 is 11.4 Å². The fourth-order valence-corrected chi connectivity index (χ4v) is 1.77. The van der Waals surface area contributed by atoms with Crippen molar-refractivity contribution in [3.63, 3.8) is 0 Å². The maximum absolute atomic E-state index is 11.6. The lowest BCUT2D eigenvalue weighted by Crippen LogP contribution is -2.28. The number of aliphatic hydroxyl groups is 1. The van der Waals surface area contributed by atoms with Crippen molar-refractivity contribution in [2.24, 2.45) is 0 Å². The molecule has 2 atom stereocenters. The minimum atomic E-state index is -0.336. The number of nitrogen functional groups attached to an aromatic ring is 1. The molecular formula is C13H21N3O3. The van der Waals surface area contributed by atoms with Crippen LogP contribution in [0.25, 0.3) is 0 Å². The van der Waals surface area contributed by atoms with Crippen molar-refractivity contribution in [2.75, 3.05) is 12.8 Å².